The van der Waals surface area contributed by atoms with Crippen molar-refractivity contribution in [1.29, 1.82) is 0 Å². The molecule has 0 fully saturated rings. The Labute approximate surface area is 120 Å². The van der Waals surface area contributed by atoms with Gasteiger partial charge < -0.3 is 9.64 Å². The van der Waals surface area contributed by atoms with Crippen LogP contribution in [0.5, 0.6) is 0 Å². The van der Waals surface area contributed by atoms with E-state index in [0.29, 0.717) is 23.1 Å². The van der Waals surface area contributed by atoms with Gasteiger partial charge in [0.1, 0.15) is 5.82 Å². The van der Waals surface area contributed by atoms with E-state index < -0.39 is 5.97 Å². The fourth-order valence-corrected chi connectivity index (χ4v) is 2.84. The van der Waals surface area contributed by atoms with E-state index in [1.54, 1.807) is 12.1 Å². The second kappa shape index (κ2) is 6.00. The maximum atomic E-state index is 13.3. The lowest BCUT2D eigenvalue weighted by Gasteiger charge is -2.19. The van der Waals surface area contributed by atoms with Crippen molar-refractivity contribution in [3.8, 4) is 0 Å². The van der Waals surface area contributed by atoms with Crippen molar-refractivity contribution in [3.05, 3.63) is 40.7 Å². The highest BCUT2D eigenvalue weighted by molar-refractivity contribution is 7.15. The molecule has 2 rings (SSSR count). The van der Waals surface area contributed by atoms with Gasteiger partial charge in [-0.05, 0) is 32.0 Å². The van der Waals surface area contributed by atoms with E-state index in [-0.39, 0.29) is 5.82 Å². The molecule has 0 unspecified atom stereocenters. The number of anilines is 2. The molecule has 0 radical (unpaired) electrons. The van der Waals surface area contributed by atoms with Crippen LogP contribution in [0.1, 0.15) is 22.3 Å². The molecule has 0 amide bonds. The second-order valence-electron chi connectivity index (χ2n) is 4.12. The number of aromatic nitrogens is 1. The third-order valence-corrected chi connectivity index (χ3v) is 3.82. The van der Waals surface area contributed by atoms with Gasteiger partial charge in [0.2, 0.25) is 0 Å². The molecule has 0 aliphatic carbocycles. The van der Waals surface area contributed by atoms with Crippen LogP contribution in [0, 0.1) is 12.7 Å². The number of esters is 1. The van der Waals surface area contributed by atoms with Crippen LogP contribution in [-0.2, 0) is 4.74 Å². The average Bonchev–Trinajstić information content (AvgIpc) is 2.81. The minimum Gasteiger partial charge on any atom is -0.464 e. The number of hydrogen-bond acceptors (Lipinski definition) is 5. The lowest BCUT2D eigenvalue weighted by atomic mass is 10.3. The number of methoxy groups -OCH3 is 1. The van der Waals surface area contributed by atoms with E-state index in [0.717, 1.165) is 4.88 Å². The van der Waals surface area contributed by atoms with Gasteiger partial charge in [-0.25, -0.2) is 14.2 Å². The number of benzene rings is 1. The highest BCUT2D eigenvalue weighted by Crippen LogP contribution is 2.31. The van der Waals surface area contributed by atoms with Crippen LogP contribution in [0.2, 0.25) is 0 Å². The SMILES string of the molecule is CCN(c1cccc(F)c1)c1nc(C(=O)OC)c(C)s1. The highest BCUT2D eigenvalue weighted by Gasteiger charge is 2.19. The summed E-state index contributed by atoms with van der Waals surface area (Å²) >= 11 is 1.38. The predicted octanol–water partition coefficient (Wildman–Crippen LogP) is 3.54. The molecular formula is C14H15FN2O2S. The Hall–Kier alpha value is -1.95. The van der Waals surface area contributed by atoms with Crippen molar-refractivity contribution in [1.82, 2.24) is 4.98 Å². The summed E-state index contributed by atoms with van der Waals surface area (Å²) in [5, 5.41) is 0.649. The van der Waals surface area contributed by atoms with Crippen molar-refractivity contribution in [2.75, 3.05) is 18.6 Å². The third-order valence-electron chi connectivity index (χ3n) is 2.83. The molecule has 20 heavy (non-hydrogen) atoms. The van der Waals surface area contributed by atoms with E-state index in [1.165, 1.54) is 30.6 Å². The fourth-order valence-electron chi connectivity index (χ4n) is 1.86. The molecule has 1 heterocycles. The number of nitrogens with zero attached hydrogens (tertiary/aromatic N) is 2. The van der Waals surface area contributed by atoms with Crippen LogP contribution >= 0.6 is 11.3 Å². The zero-order valence-electron chi connectivity index (χ0n) is 11.5. The molecule has 106 valence electrons. The Morgan fingerprint density at radius 1 is 1.50 bits per heavy atom. The molecule has 6 heteroatoms. The first-order valence-corrected chi connectivity index (χ1v) is 6.97. The molecule has 0 saturated heterocycles. The number of rotatable bonds is 4. The van der Waals surface area contributed by atoms with Gasteiger partial charge in [0, 0.05) is 17.1 Å². The number of ether oxygens (including phenoxy) is 1. The smallest absolute Gasteiger partial charge is 0.357 e. The number of hydrogen-bond donors (Lipinski definition) is 0. The minimum atomic E-state index is -0.458. The second-order valence-corrected chi connectivity index (χ2v) is 5.30. The Balaban J connectivity index is 2.40. The third kappa shape index (κ3) is 2.80. The Morgan fingerprint density at radius 2 is 2.25 bits per heavy atom. The number of carbonyl (C=O) groups is 1. The van der Waals surface area contributed by atoms with Crippen molar-refractivity contribution in [2.24, 2.45) is 0 Å². The maximum Gasteiger partial charge on any atom is 0.357 e. The number of halogens is 1. The van der Waals surface area contributed by atoms with Crippen LogP contribution in [0.4, 0.5) is 15.2 Å². The molecule has 0 N–H and O–H groups in total. The summed E-state index contributed by atoms with van der Waals surface area (Å²) < 4.78 is 18.0. The summed E-state index contributed by atoms with van der Waals surface area (Å²) in [6.45, 7) is 4.38. The van der Waals surface area contributed by atoms with Gasteiger partial charge in [0.15, 0.2) is 10.8 Å². The molecule has 2 aromatic rings. The van der Waals surface area contributed by atoms with Crippen molar-refractivity contribution < 1.29 is 13.9 Å². The monoisotopic (exact) mass is 294 g/mol. The molecule has 0 saturated carbocycles. The topological polar surface area (TPSA) is 42.4 Å². The van der Waals surface area contributed by atoms with Crippen LogP contribution in [0.15, 0.2) is 24.3 Å². The Kier molecular flexibility index (Phi) is 4.34. The first-order valence-electron chi connectivity index (χ1n) is 6.15. The van der Waals surface area contributed by atoms with Crippen LogP contribution < -0.4 is 4.90 Å². The average molecular weight is 294 g/mol. The van der Waals surface area contributed by atoms with E-state index in [4.69, 9.17) is 4.74 Å². The summed E-state index contributed by atoms with van der Waals surface area (Å²) in [5.41, 5.74) is 1.01. The predicted molar refractivity (Wildman–Crippen MR) is 77.3 cm³/mol. The minimum absolute atomic E-state index is 0.303. The van der Waals surface area contributed by atoms with Crippen LogP contribution in [0.3, 0.4) is 0 Å². The number of carbonyl (C=O) groups excluding carboxylic acids is 1. The molecular weight excluding hydrogens is 279 g/mol. The molecule has 0 aliphatic heterocycles. The van der Waals surface area contributed by atoms with Gasteiger partial charge in [0.25, 0.3) is 0 Å². The normalized spacial score (nSPS) is 10.4. The molecule has 1 aromatic carbocycles. The van der Waals surface area contributed by atoms with Gasteiger partial charge in [-0.3, -0.25) is 0 Å². The van der Waals surface area contributed by atoms with Gasteiger partial charge in [-0.15, -0.1) is 11.3 Å². The highest BCUT2D eigenvalue weighted by atomic mass is 32.1. The quantitative estimate of drug-likeness (QED) is 0.809. The van der Waals surface area contributed by atoms with Gasteiger partial charge >= 0.3 is 5.97 Å². The standard InChI is InChI=1S/C14H15FN2O2S/c1-4-17(11-7-5-6-10(15)8-11)14-16-12(9(2)20-14)13(18)19-3/h5-8H,4H2,1-3H3. The molecule has 0 aliphatic rings. The fraction of sp³-hybridized carbons (Fsp3) is 0.286. The largest absolute Gasteiger partial charge is 0.464 e. The molecule has 0 atom stereocenters. The first kappa shape index (κ1) is 14.5. The van der Waals surface area contributed by atoms with Crippen LogP contribution in [0.25, 0.3) is 0 Å². The lowest BCUT2D eigenvalue weighted by molar-refractivity contribution is 0.0594. The molecule has 1 aromatic heterocycles. The zero-order valence-corrected chi connectivity index (χ0v) is 12.3. The number of aryl methyl sites for hydroxylation is 1. The molecule has 4 nitrogen and oxygen atoms in total. The summed E-state index contributed by atoms with van der Waals surface area (Å²) in [4.78, 5) is 18.5. The van der Waals surface area contributed by atoms with Gasteiger partial charge in [-0.2, -0.15) is 0 Å². The Morgan fingerprint density at radius 3 is 2.85 bits per heavy atom. The van der Waals surface area contributed by atoms with Crippen LogP contribution in [-0.4, -0.2) is 24.6 Å². The summed E-state index contributed by atoms with van der Waals surface area (Å²) in [7, 11) is 1.32. The van der Waals surface area contributed by atoms with Crippen molar-refractivity contribution in [3.63, 3.8) is 0 Å². The number of thiazole rings is 1. The van der Waals surface area contributed by atoms with Gasteiger partial charge in [0.05, 0.1) is 7.11 Å². The summed E-state index contributed by atoms with van der Waals surface area (Å²) in [5.74, 6) is -0.761. The summed E-state index contributed by atoms with van der Waals surface area (Å²) in [6.07, 6.45) is 0. The lowest BCUT2D eigenvalue weighted by Crippen LogP contribution is -2.16. The van der Waals surface area contributed by atoms with E-state index in [9.17, 15) is 9.18 Å². The van der Waals surface area contributed by atoms with Gasteiger partial charge in [-0.1, -0.05) is 6.07 Å². The van der Waals surface area contributed by atoms with E-state index in [1.807, 2.05) is 18.7 Å². The maximum absolute atomic E-state index is 13.3. The first-order chi connectivity index (χ1) is 9.56. The van der Waals surface area contributed by atoms with Crippen molar-refractivity contribution in [2.45, 2.75) is 13.8 Å². The van der Waals surface area contributed by atoms with E-state index >= 15 is 0 Å². The summed E-state index contributed by atoms with van der Waals surface area (Å²) in [6, 6.07) is 6.29. The molecule has 0 bridgehead atoms. The Bertz CT molecular complexity index is 627. The van der Waals surface area contributed by atoms with Crippen molar-refractivity contribution >= 4 is 28.1 Å². The molecule has 0 spiro atoms. The van der Waals surface area contributed by atoms with E-state index in [2.05, 4.69) is 4.98 Å². The zero-order chi connectivity index (χ0) is 14.7.